The molecule has 1 saturated heterocycles. The number of ether oxygens (including phenoxy) is 1. The number of nitrogens with one attached hydrogen (secondary N) is 1. The molecular weight excluding hydrogens is 238 g/mol. The minimum absolute atomic E-state index is 0.00311. The van der Waals surface area contributed by atoms with Crippen molar-refractivity contribution in [1.29, 1.82) is 0 Å². The minimum Gasteiger partial charge on any atom is -0.461 e. The van der Waals surface area contributed by atoms with E-state index in [1.807, 2.05) is 0 Å². The lowest BCUT2D eigenvalue weighted by Crippen LogP contribution is -2.20. The van der Waals surface area contributed by atoms with E-state index in [1.165, 1.54) is 51.4 Å². The van der Waals surface area contributed by atoms with E-state index in [9.17, 15) is 4.79 Å². The molecule has 0 spiro atoms. The van der Waals surface area contributed by atoms with Crippen LogP contribution in [0.2, 0.25) is 0 Å². The zero-order valence-corrected chi connectivity index (χ0v) is 12.6. The molecule has 3 heteroatoms. The Morgan fingerprint density at radius 1 is 1.05 bits per heavy atom. The van der Waals surface area contributed by atoms with Gasteiger partial charge in [-0.2, -0.15) is 0 Å². The molecule has 3 nitrogen and oxygen atoms in total. The average molecular weight is 269 g/mol. The van der Waals surface area contributed by atoms with Crippen molar-refractivity contribution in [2.24, 2.45) is 0 Å². The Labute approximate surface area is 118 Å². The second kappa shape index (κ2) is 11.3. The third kappa shape index (κ3) is 9.04. The fraction of sp³-hybridized carbons (Fsp3) is 0.938. The number of rotatable bonds is 11. The Hall–Kier alpha value is -0.570. The van der Waals surface area contributed by atoms with Gasteiger partial charge in [-0.3, -0.25) is 4.79 Å². The molecule has 19 heavy (non-hydrogen) atoms. The summed E-state index contributed by atoms with van der Waals surface area (Å²) in [4.78, 5) is 11.6. The van der Waals surface area contributed by atoms with E-state index in [-0.39, 0.29) is 12.1 Å². The molecular formula is C16H31NO2. The molecule has 1 aliphatic rings. The number of carbonyl (C=O) groups excluding carboxylic acids is 1. The third-order valence-corrected chi connectivity index (χ3v) is 3.80. The van der Waals surface area contributed by atoms with Crippen LogP contribution in [0.3, 0.4) is 0 Å². The van der Waals surface area contributed by atoms with Gasteiger partial charge in [0.2, 0.25) is 0 Å². The van der Waals surface area contributed by atoms with Crippen molar-refractivity contribution in [2.75, 3.05) is 13.1 Å². The van der Waals surface area contributed by atoms with Gasteiger partial charge in [-0.1, -0.05) is 58.3 Å². The van der Waals surface area contributed by atoms with E-state index in [4.69, 9.17) is 4.74 Å². The average Bonchev–Trinajstić information content (AvgIpc) is 2.89. The maximum Gasteiger partial charge on any atom is 0.306 e. The van der Waals surface area contributed by atoms with Crippen LogP contribution >= 0.6 is 0 Å². The second-order valence-corrected chi connectivity index (χ2v) is 5.68. The van der Waals surface area contributed by atoms with Gasteiger partial charge in [-0.05, 0) is 19.4 Å². The second-order valence-electron chi connectivity index (χ2n) is 5.68. The Morgan fingerprint density at radius 2 is 1.68 bits per heavy atom. The molecule has 0 bridgehead atoms. The zero-order chi connectivity index (χ0) is 13.8. The lowest BCUT2D eigenvalue weighted by atomic mass is 10.1. The monoisotopic (exact) mass is 269 g/mol. The van der Waals surface area contributed by atoms with Gasteiger partial charge < -0.3 is 10.1 Å². The summed E-state index contributed by atoms with van der Waals surface area (Å²) >= 11 is 0. The predicted octanol–water partition coefficient (Wildman–Crippen LogP) is 3.81. The molecule has 0 saturated carbocycles. The van der Waals surface area contributed by atoms with E-state index in [0.29, 0.717) is 6.42 Å². The Morgan fingerprint density at radius 3 is 2.26 bits per heavy atom. The van der Waals surface area contributed by atoms with Crippen molar-refractivity contribution in [3.8, 4) is 0 Å². The van der Waals surface area contributed by atoms with Gasteiger partial charge in [0.05, 0.1) is 0 Å². The van der Waals surface area contributed by atoms with Crippen LogP contribution in [0, 0.1) is 0 Å². The van der Waals surface area contributed by atoms with Crippen molar-refractivity contribution >= 4 is 5.97 Å². The number of carbonyl (C=O) groups is 1. The molecule has 1 aliphatic heterocycles. The molecule has 1 rings (SSSR count). The van der Waals surface area contributed by atoms with Crippen LogP contribution in [-0.4, -0.2) is 25.2 Å². The molecule has 1 unspecified atom stereocenters. The van der Waals surface area contributed by atoms with Gasteiger partial charge in [0, 0.05) is 13.0 Å². The van der Waals surface area contributed by atoms with Crippen molar-refractivity contribution in [3.05, 3.63) is 0 Å². The first-order valence-corrected chi connectivity index (χ1v) is 8.23. The predicted molar refractivity (Wildman–Crippen MR) is 79.2 cm³/mol. The number of esters is 1. The van der Waals surface area contributed by atoms with Gasteiger partial charge in [-0.15, -0.1) is 0 Å². The van der Waals surface area contributed by atoms with Crippen LogP contribution in [0.25, 0.3) is 0 Å². The fourth-order valence-electron chi connectivity index (χ4n) is 2.55. The van der Waals surface area contributed by atoms with E-state index in [1.54, 1.807) is 0 Å². The first-order chi connectivity index (χ1) is 9.33. The minimum atomic E-state index is -0.00311. The summed E-state index contributed by atoms with van der Waals surface area (Å²) in [6.07, 6.45) is 13.3. The van der Waals surface area contributed by atoms with Crippen molar-refractivity contribution < 1.29 is 9.53 Å². The summed E-state index contributed by atoms with van der Waals surface area (Å²) in [6, 6.07) is 0. The van der Waals surface area contributed by atoms with Gasteiger partial charge in [-0.25, -0.2) is 0 Å². The van der Waals surface area contributed by atoms with Gasteiger partial charge >= 0.3 is 5.97 Å². The Balaban J connectivity index is 1.80. The van der Waals surface area contributed by atoms with Crippen LogP contribution in [0.4, 0.5) is 0 Å². The van der Waals surface area contributed by atoms with Crippen molar-refractivity contribution in [3.63, 3.8) is 0 Å². The van der Waals surface area contributed by atoms with E-state index in [0.717, 1.165) is 25.9 Å². The van der Waals surface area contributed by atoms with Gasteiger partial charge in [0.1, 0.15) is 6.10 Å². The number of unbranched alkanes of at least 4 members (excludes halogenated alkanes) is 8. The lowest BCUT2D eigenvalue weighted by Gasteiger charge is -2.10. The van der Waals surface area contributed by atoms with Crippen molar-refractivity contribution in [1.82, 2.24) is 5.32 Å². The van der Waals surface area contributed by atoms with E-state index in [2.05, 4.69) is 12.2 Å². The molecule has 0 radical (unpaired) electrons. The molecule has 1 fully saturated rings. The van der Waals surface area contributed by atoms with Crippen LogP contribution in [0.5, 0.6) is 0 Å². The summed E-state index contributed by atoms with van der Waals surface area (Å²) in [5, 5.41) is 3.21. The van der Waals surface area contributed by atoms with Crippen LogP contribution in [-0.2, 0) is 9.53 Å². The van der Waals surface area contributed by atoms with Crippen molar-refractivity contribution in [2.45, 2.75) is 83.7 Å². The number of hydrogen-bond acceptors (Lipinski definition) is 3. The summed E-state index contributed by atoms with van der Waals surface area (Å²) in [5.74, 6) is -0.00311. The highest BCUT2D eigenvalue weighted by molar-refractivity contribution is 5.69. The van der Waals surface area contributed by atoms with E-state index < -0.39 is 0 Å². The normalized spacial score (nSPS) is 18.7. The van der Waals surface area contributed by atoms with Crippen LogP contribution in [0.1, 0.15) is 77.6 Å². The third-order valence-electron chi connectivity index (χ3n) is 3.80. The highest BCUT2D eigenvalue weighted by atomic mass is 16.5. The highest BCUT2D eigenvalue weighted by Crippen LogP contribution is 2.11. The molecule has 0 aromatic heterocycles. The van der Waals surface area contributed by atoms with Gasteiger partial charge in [0.15, 0.2) is 0 Å². The summed E-state index contributed by atoms with van der Waals surface area (Å²) in [7, 11) is 0. The largest absolute Gasteiger partial charge is 0.461 e. The first-order valence-electron chi connectivity index (χ1n) is 8.23. The fourth-order valence-corrected chi connectivity index (χ4v) is 2.55. The summed E-state index contributed by atoms with van der Waals surface area (Å²) in [6.45, 7) is 4.07. The molecule has 1 heterocycles. The molecule has 112 valence electrons. The topological polar surface area (TPSA) is 38.3 Å². The maximum atomic E-state index is 11.6. The standard InChI is InChI=1S/C16H31NO2/c1-2-3-4-5-6-7-8-9-10-11-16(18)19-15-12-13-17-14-15/h15,17H,2-14H2,1H3. The lowest BCUT2D eigenvalue weighted by molar-refractivity contribution is -0.148. The van der Waals surface area contributed by atoms with Crippen LogP contribution in [0.15, 0.2) is 0 Å². The zero-order valence-electron chi connectivity index (χ0n) is 12.6. The molecule has 0 amide bonds. The smallest absolute Gasteiger partial charge is 0.306 e. The van der Waals surface area contributed by atoms with E-state index >= 15 is 0 Å². The first kappa shape index (κ1) is 16.5. The highest BCUT2D eigenvalue weighted by Gasteiger charge is 2.18. The molecule has 0 aliphatic carbocycles. The van der Waals surface area contributed by atoms with Crippen LogP contribution < -0.4 is 5.32 Å². The summed E-state index contributed by atoms with van der Waals surface area (Å²) in [5.41, 5.74) is 0. The molecule has 0 aromatic carbocycles. The number of hydrogen-bond donors (Lipinski definition) is 1. The SMILES string of the molecule is CCCCCCCCCCCC(=O)OC1CCNC1. The summed E-state index contributed by atoms with van der Waals surface area (Å²) < 4.78 is 5.38. The quantitative estimate of drug-likeness (QED) is 0.458. The molecule has 1 atom stereocenters. The maximum absolute atomic E-state index is 11.6. The Kier molecular flexibility index (Phi) is 9.78. The van der Waals surface area contributed by atoms with Gasteiger partial charge in [0.25, 0.3) is 0 Å². The Bertz CT molecular complexity index is 225. The molecule has 1 N–H and O–H groups in total. The molecule has 0 aromatic rings.